The maximum absolute atomic E-state index is 14.2. The van der Waals surface area contributed by atoms with Gasteiger partial charge in [0.1, 0.15) is 16.4 Å². The molecule has 0 radical (unpaired) electrons. The van der Waals surface area contributed by atoms with Gasteiger partial charge < -0.3 is 16.0 Å². The third-order valence-electron chi connectivity index (χ3n) is 6.24. The maximum Gasteiger partial charge on any atom is 0.354 e. The van der Waals surface area contributed by atoms with Gasteiger partial charge in [0.05, 0.1) is 10.7 Å². The molecule has 1 aliphatic rings. The van der Waals surface area contributed by atoms with Crippen LogP contribution in [-0.4, -0.2) is 42.1 Å². The van der Waals surface area contributed by atoms with E-state index in [2.05, 4.69) is 20.0 Å². The summed E-state index contributed by atoms with van der Waals surface area (Å²) in [6.45, 7) is 1.57. The number of hydrogen-bond donors (Lipinski definition) is 4. The molecule has 2 aromatic carbocycles. The van der Waals surface area contributed by atoms with E-state index in [1.807, 2.05) is 0 Å². The van der Waals surface area contributed by atoms with Crippen LogP contribution in [0.25, 0.3) is 28.0 Å². The normalized spacial score (nSPS) is 15.0. The lowest BCUT2D eigenvalue weighted by Gasteiger charge is -2.23. The van der Waals surface area contributed by atoms with Crippen molar-refractivity contribution in [2.45, 2.75) is 30.3 Å². The molecular weight excluding hydrogens is 507 g/mol. The monoisotopic (exact) mass is 530 g/mol. The first-order valence-corrected chi connectivity index (χ1v) is 13.3. The molecule has 0 atom stereocenters. The Kier molecular flexibility index (Phi) is 6.66. The van der Waals surface area contributed by atoms with Crippen LogP contribution in [0.1, 0.15) is 18.4 Å². The molecule has 2 aromatic heterocycles. The second kappa shape index (κ2) is 9.75. The number of sulfonamides is 1. The Hall–Kier alpha value is -3.09. The molecule has 1 aliphatic heterocycles. The number of piperidine rings is 1. The van der Waals surface area contributed by atoms with Crippen molar-refractivity contribution in [2.75, 3.05) is 13.1 Å². The molecule has 4 aromatic rings. The number of nitrogens with zero attached hydrogens (tertiary/aromatic N) is 2. The summed E-state index contributed by atoms with van der Waals surface area (Å²) in [6, 6.07) is 10.6. The van der Waals surface area contributed by atoms with Gasteiger partial charge in [-0.2, -0.15) is 4.98 Å². The van der Waals surface area contributed by atoms with Gasteiger partial charge in [-0.25, -0.2) is 22.3 Å². The molecule has 188 valence electrons. The number of halogens is 2. The molecule has 36 heavy (non-hydrogen) atoms. The van der Waals surface area contributed by atoms with E-state index in [1.54, 1.807) is 30.5 Å². The third kappa shape index (κ3) is 4.80. The fourth-order valence-corrected chi connectivity index (χ4v) is 6.15. The number of fused-ring (bicyclic) bond motifs is 1. The first-order chi connectivity index (χ1) is 17.2. The molecule has 12 heteroatoms. The largest absolute Gasteiger partial charge is 0.354 e. The summed E-state index contributed by atoms with van der Waals surface area (Å²) < 4.78 is 43.9. The molecule has 5 rings (SSSR count). The van der Waals surface area contributed by atoms with Gasteiger partial charge in [-0.15, -0.1) is 0 Å². The van der Waals surface area contributed by atoms with Crippen molar-refractivity contribution in [1.82, 2.24) is 24.6 Å². The van der Waals surface area contributed by atoms with Crippen LogP contribution in [0.4, 0.5) is 4.39 Å². The highest BCUT2D eigenvalue weighted by Gasteiger charge is 2.24. The van der Waals surface area contributed by atoms with Gasteiger partial charge in [0.15, 0.2) is 0 Å². The summed E-state index contributed by atoms with van der Waals surface area (Å²) in [5.74, 6) is -0.504. The van der Waals surface area contributed by atoms with Crippen molar-refractivity contribution >= 4 is 32.7 Å². The second-order valence-electron chi connectivity index (χ2n) is 8.65. The van der Waals surface area contributed by atoms with E-state index in [-0.39, 0.29) is 22.5 Å². The van der Waals surface area contributed by atoms with Gasteiger partial charge in [-0.3, -0.25) is 4.57 Å². The fourth-order valence-electron chi connectivity index (χ4n) is 4.30. The van der Waals surface area contributed by atoms with E-state index >= 15 is 0 Å². The molecule has 0 saturated carbocycles. The van der Waals surface area contributed by atoms with Gasteiger partial charge in [0.2, 0.25) is 10.0 Å². The van der Waals surface area contributed by atoms with Crippen molar-refractivity contribution in [3.8, 4) is 16.9 Å². The van der Waals surface area contributed by atoms with E-state index in [4.69, 9.17) is 17.3 Å². The van der Waals surface area contributed by atoms with Crippen molar-refractivity contribution < 1.29 is 12.8 Å². The fraction of sp³-hybridized carbons (Fsp3) is 0.250. The van der Waals surface area contributed by atoms with Crippen LogP contribution in [-0.2, 0) is 16.6 Å². The molecule has 0 spiro atoms. The summed E-state index contributed by atoms with van der Waals surface area (Å²) in [5, 5.41) is 3.88. The van der Waals surface area contributed by atoms with Crippen molar-refractivity contribution in [3.63, 3.8) is 0 Å². The quantitative estimate of drug-likeness (QED) is 0.303. The first kappa shape index (κ1) is 24.6. The topological polar surface area (TPSA) is 135 Å². The van der Waals surface area contributed by atoms with E-state index in [1.165, 1.54) is 22.8 Å². The molecule has 1 saturated heterocycles. The van der Waals surface area contributed by atoms with Crippen molar-refractivity contribution in [1.29, 1.82) is 0 Å². The number of hydrogen-bond acceptors (Lipinski definition) is 6. The second-order valence-corrected chi connectivity index (χ2v) is 10.7. The minimum absolute atomic E-state index is 0.00308. The number of aromatic nitrogens is 3. The Balaban J connectivity index is 1.46. The van der Waals surface area contributed by atoms with Gasteiger partial charge in [0.25, 0.3) is 0 Å². The summed E-state index contributed by atoms with van der Waals surface area (Å²) in [7, 11) is -3.78. The number of nitrogens with two attached hydrogens (primary N) is 1. The molecule has 5 N–H and O–H groups in total. The van der Waals surface area contributed by atoms with Gasteiger partial charge in [-0.05, 0) is 61.8 Å². The average Bonchev–Trinajstić information content (AvgIpc) is 3.26. The minimum atomic E-state index is -3.78. The highest BCUT2D eigenvalue weighted by molar-refractivity contribution is 7.89. The third-order valence-corrected chi connectivity index (χ3v) is 8.24. The molecule has 0 unspecified atom stereocenters. The van der Waals surface area contributed by atoms with E-state index < -0.39 is 21.5 Å². The highest BCUT2D eigenvalue weighted by Crippen LogP contribution is 2.30. The van der Waals surface area contributed by atoms with Crippen LogP contribution in [0.3, 0.4) is 0 Å². The first-order valence-electron chi connectivity index (χ1n) is 11.4. The van der Waals surface area contributed by atoms with Crippen LogP contribution >= 0.6 is 11.6 Å². The summed E-state index contributed by atoms with van der Waals surface area (Å²) in [4.78, 5) is 19.7. The van der Waals surface area contributed by atoms with Crippen LogP contribution in [0, 0.1) is 5.82 Å². The number of nitrogens with one attached hydrogen (secondary N) is 3. The number of rotatable bonds is 6. The van der Waals surface area contributed by atoms with Crippen LogP contribution < -0.4 is 21.5 Å². The van der Waals surface area contributed by atoms with Crippen molar-refractivity contribution in [3.05, 3.63) is 75.5 Å². The smallest absolute Gasteiger partial charge is 0.339 e. The van der Waals surface area contributed by atoms with Gasteiger partial charge in [-0.1, -0.05) is 23.7 Å². The van der Waals surface area contributed by atoms with Crippen LogP contribution in [0.2, 0.25) is 5.02 Å². The van der Waals surface area contributed by atoms with Crippen LogP contribution in [0.5, 0.6) is 0 Å². The molecule has 9 nitrogen and oxygen atoms in total. The number of H-pyrrole nitrogens is 1. The Morgan fingerprint density at radius 2 is 1.94 bits per heavy atom. The Labute approximate surface area is 211 Å². The number of aromatic amines is 1. The van der Waals surface area contributed by atoms with Crippen molar-refractivity contribution in [2.24, 2.45) is 5.73 Å². The predicted molar refractivity (Wildman–Crippen MR) is 136 cm³/mol. The number of benzene rings is 2. The lowest BCUT2D eigenvalue weighted by molar-refractivity contribution is 0.427. The predicted octanol–water partition coefficient (Wildman–Crippen LogP) is 2.66. The summed E-state index contributed by atoms with van der Waals surface area (Å²) >= 11 is 6.39. The molecular formula is C24H24ClFN6O3S. The Bertz CT molecular complexity index is 1610. The summed E-state index contributed by atoms with van der Waals surface area (Å²) in [5.41, 5.74) is 7.15. The lowest BCUT2D eigenvalue weighted by Crippen LogP contribution is -2.42. The molecule has 0 amide bonds. The lowest BCUT2D eigenvalue weighted by atomic mass is 10.1. The Morgan fingerprint density at radius 1 is 1.17 bits per heavy atom. The van der Waals surface area contributed by atoms with E-state index in [0.717, 1.165) is 13.1 Å². The zero-order valence-electron chi connectivity index (χ0n) is 19.1. The van der Waals surface area contributed by atoms with E-state index in [9.17, 15) is 17.6 Å². The standard InChI is InChI=1S/C24H24ClFN6O3S/c25-19-9-14(2-4-22(19)36(34,35)31-17-5-7-28-8-6-17)21-10-16-13-32(24(33)30-23(16)29-21)18-3-1-15(12-27)20(26)11-18/h1-4,9-11,13,17,28,31H,5-8,12,27H2,(H,29,30,33). The van der Waals surface area contributed by atoms with E-state index in [0.29, 0.717) is 46.4 Å². The Morgan fingerprint density at radius 3 is 2.64 bits per heavy atom. The average molecular weight is 531 g/mol. The molecule has 0 bridgehead atoms. The molecule has 0 aliphatic carbocycles. The molecule has 3 heterocycles. The molecule has 1 fully saturated rings. The van der Waals surface area contributed by atoms with Crippen LogP contribution in [0.15, 0.2) is 58.4 Å². The van der Waals surface area contributed by atoms with Gasteiger partial charge in [0, 0.05) is 35.4 Å². The maximum atomic E-state index is 14.2. The summed E-state index contributed by atoms with van der Waals surface area (Å²) in [6.07, 6.45) is 2.98. The SMILES string of the molecule is NCc1ccc(-n2cc3cc(-c4ccc(S(=O)(=O)NC5CCNCC5)c(Cl)c4)[nH]c3nc2=O)cc1F. The minimum Gasteiger partial charge on any atom is -0.339 e. The zero-order chi connectivity index (χ0) is 25.4. The highest BCUT2D eigenvalue weighted by atomic mass is 35.5. The van der Waals surface area contributed by atoms with Gasteiger partial charge >= 0.3 is 5.69 Å². The zero-order valence-corrected chi connectivity index (χ0v) is 20.7.